The fraction of sp³-hybridized carbons (Fsp3) is 0.0625. The Labute approximate surface area is 328 Å². The molecule has 10 rings (SSSR count). The second kappa shape index (κ2) is 13.9. The van der Waals surface area contributed by atoms with Crippen LogP contribution in [0, 0.1) is 20.8 Å². The Hall–Kier alpha value is -7.65. The minimum absolute atomic E-state index is 0.570. The molecule has 57 heavy (non-hydrogen) atoms. The van der Waals surface area contributed by atoms with Gasteiger partial charge >= 0.3 is 0 Å². The highest BCUT2D eigenvalue weighted by molar-refractivity contribution is 5.94. The van der Waals surface area contributed by atoms with Crippen LogP contribution in [0.3, 0.4) is 0 Å². The van der Waals surface area contributed by atoms with Crippen LogP contribution >= 0.6 is 0 Å². The first kappa shape index (κ1) is 33.9. The van der Waals surface area contributed by atoms with Crippen molar-refractivity contribution in [3.05, 3.63) is 163 Å². The number of hydrogen-bond donors (Lipinski definition) is 0. The van der Waals surface area contributed by atoms with Gasteiger partial charge in [-0.25, -0.2) is 44.9 Å². The molecule has 0 fully saturated rings. The molecule has 0 aliphatic carbocycles. The summed E-state index contributed by atoms with van der Waals surface area (Å²) in [5.74, 6) is 0. The van der Waals surface area contributed by atoms with Gasteiger partial charge in [0, 0.05) is 52.0 Å². The van der Waals surface area contributed by atoms with Gasteiger partial charge in [0.25, 0.3) is 0 Å². The van der Waals surface area contributed by atoms with Crippen molar-refractivity contribution in [3.63, 3.8) is 0 Å². The van der Waals surface area contributed by atoms with Gasteiger partial charge in [0.15, 0.2) is 16.9 Å². The number of benzene rings is 4. The number of pyridine rings is 3. The highest BCUT2D eigenvalue weighted by Gasteiger charge is 2.23. The number of aryl methyl sites for hydroxylation is 3. The van der Waals surface area contributed by atoms with Crippen molar-refractivity contribution in [2.75, 3.05) is 0 Å². The maximum atomic E-state index is 5.30. The lowest BCUT2D eigenvalue weighted by molar-refractivity contribution is 1.21. The van der Waals surface area contributed by atoms with Crippen molar-refractivity contribution in [2.24, 2.45) is 0 Å². The van der Waals surface area contributed by atoms with Gasteiger partial charge in [-0.2, -0.15) is 0 Å². The van der Waals surface area contributed by atoms with Crippen LogP contribution in [0.15, 0.2) is 146 Å². The SMILES string of the molecule is Cc1ccccc1-c1nc2ncccc2nc1-c1cc(-c2nc3cccnc3nc2-c2ccccc2C)cc(-c2nc3cccnc3nc2-c2ccccc2C)c1. The molecule has 0 atom stereocenters. The summed E-state index contributed by atoms with van der Waals surface area (Å²) in [5, 5.41) is 0. The average molecular weight is 736 g/mol. The first-order valence-corrected chi connectivity index (χ1v) is 18.7. The molecule has 10 aromatic rings. The quantitative estimate of drug-likeness (QED) is 0.164. The standard InChI is InChI=1S/C48H33N9/c1-28-13-4-7-16-34(28)43-40(52-37-19-10-22-49-46(37)55-43)31-25-32(41-44(35-17-8-5-14-29(35)2)56-47-38(53-41)20-11-23-50-47)27-33(26-31)42-45(36-18-9-6-15-30(36)3)57-48-39(54-42)21-12-24-51-48/h4-27H,1-3H3. The fourth-order valence-electron chi connectivity index (χ4n) is 7.40. The predicted molar refractivity (Wildman–Crippen MR) is 226 cm³/mol. The van der Waals surface area contributed by atoms with E-state index in [9.17, 15) is 0 Å². The molecule has 0 N–H and O–H groups in total. The molecule has 0 aliphatic rings. The molecule has 0 saturated carbocycles. The van der Waals surface area contributed by atoms with Crippen LogP contribution in [0.5, 0.6) is 0 Å². The molecule has 270 valence electrons. The van der Waals surface area contributed by atoms with E-state index >= 15 is 0 Å². The number of rotatable bonds is 6. The summed E-state index contributed by atoms with van der Waals surface area (Å²) in [6.45, 7) is 6.27. The topological polar surface area (TPSA) is 116 Å². The molecule has 0 amide bonds. The monoisotopic (exact) mass is 735 g/mol. The summed E-state index contributed by atoms with van der Waals surface area (Å²) in [4.78, 5) is 45.3. The summed E-state index contributed by atoms with van der Waals surface area (Å²) < 4.78 is 0. The van der Waals surface area contributed by atoms with E-state index < -0.39 is 0 Å². The van der Waals surface area contributed by atoms with Crippen LogP contribution in [0.1, 0.15) is 16.7 Å². The molecular weight excluding hydrogens is 703 g/mol. The van der Waals surface area contributed by atoms with Gasteiger partial charge in [-0.3, -0.25) is 0 Å². The van der Waals surface area contributed by atoms with Crippen molar-refractivity contribution in [3.8, 4) is 67.5 Å². The van der Waals surface area contributed by atoms with Crippen LogP contribution in [0.2, 0.25) is 0 Å². The van der Waals surface area contributed by atoms with Crippen LogP contribution < -0.4 is 0 Å². The molecule has 0 radical (unpaired) electrons. The van der Waals surface area contributed by atoms with Gasteiger partial charge in [-0.15, -0.1) is 0 Å². The van der Waals surface area contributed by atoms with E-state index in [0.29, 0.717) is 50.6 Å². The van der Waals surface area contributed by atoms with Gasteiger partial charge in [-0.1, -0.05) is 72.8 Å². The second-order valence-electron chi connectivity index (χ2n) is 14.0. The molecule has 0 bridgehead atoms. The number of fused-ring (bicyclic) bond motifs is 3. The van der Waals surface area contributed by atoms with E-state index in [4.69, 9.17) is 29.9 Å². The maximum absolute atomic E-state index is 5.30. The molecule has 0 unspecified atom stereocenters. The highest BCUT2D eigenvalue weighted by atomic mass is 14.9. The van der Waals surface area contributed by atoms with Gasteiger partial charge in [0.1, 0.15) is 16.6 Å². The predicted octanol–water partition coefficient (Wildman–Crippen LogP) is 10.6. The Morgan fingerprint density at radius 3 is 0.895 bits per heavy atom. The van der Waals surface area contributed by atoms with Gasteiger partial charge < -0.3 is 0 Å². The molecule has 6 heterocycles. The number of aromatic nitrogens is 9. The Morgan fingerprint density at radius 2 is 0.596 bits per heavy atom. The van der Waals surface area contributed by atoms with E-state index in [2.05, 4.69) is 90.3 Å². The smallest absolute Gasteiger partial charge is 0.178 e. The minimum Gasteiger partial charge on any atom is -0.242 e. The largest absolute Gasteiger partial charge is 0.242 e. The van der Waals surface area contributed by atoms with Crippen molar-refractivity contribution in [1.29, 1.82) is 0 Å². The maximum Gasteiger partial charge on any atom is 0.178 e. The summed E-state index contributed by atoms with van der Waals surface area (Å²) >= 11 is 0. The molecule has 0 saturated heterocycles. The van der Waals surface area contributed by atoms with Crippen molar-refractivity contribution < 1.29 is 0 Å². The van der Waals surface area contributed by atoms with Crippen LogP contribution in [-0.4, -0.2) is 44.9 Å². The molecule has 4 aromatic carbocycles. The zero-order valence-corrected chi connectivity index (χ0v) is 31.4. The Morgan fingerprint density at radius 1 is 0.298 bits per heavy atom. The fourth-order valence-corrected chi connectivity index (χ4v) is 7.40. The summed E-state index contributed by atoms with van der Waals surface area (Å²) in [6, 6.07) is 42.6. The lowest BCUT2D eigenvalue weighted by atomic mass is 9.92. The Kier molecular flexibility index (Phi) is 8.26. The van der Waals surface area contributed by atoms with Crippen molar-refractivity contribution >= 4 is 33.5 Å². The first-order chi connectivity index (χ1) is 28.0. The third-order valence-electron chi connectivity index (χ3n) is 10.3. The average Bonchev–Trinajstić information content (AvgIpc) is 3.25. The highest BCUT2D eigenvalue weighted by Crippen LogP contribution is 2.41. The second-order valence-corrected chi connectivity index (χ2v) is 14.0. The number of nitrogens with zero attached hydrogens (tertiary/aromatic N) is 9. The third-order valence-corrected chi connectivity index (χ3v) is 10.3. The zero-order chi connectivity index (χ0) is 38.5. The Bertz CT molecular complexity index is 2840. The van der Waals surface area contributed by atoms with Crippen molar-refractivity contribution in [2.45, 2.75) is 20.8 Å². The van der Waals surface area contributed by atoms with E-state index in [1.54, 1.807) is 18.6 Å². The normalized spacial score (nSPS) is 11.4. The molecular formula is C48H33N9. The first-order valence-electron chi connectivity index (χ1n) is 18.7. The van der Waals surface area contributed by atoms with Crippen LogP contribution in [-0.2, 0) is 0 Å². The van der Waals surface area contributed by atoms with E-state index in [0.717, 1.165) is 67.2 Å². The number of hydrogen-bond acceptors (Lipinski definition) is 9. The summed E-state index contributed by atoms with van der Waals surface area (Å²) in [6.07, 6.45) is 5.24. The van der Waals surface area contributed by atoms with Gasteiger partial charge in [0.2, 0.25) is 0 Å². The Balaban J connectivity index is 1.34. The minimum atomic E-state index is 0.570. The molecule has 0 aliphatic heterocycles. The lowest BCUT2D eigenvalue weighted by Gasteiger charge is -2.17. The van der Waals surface area contributed by atoms with E-state index in [1.165, 1.54) is 0 Å². The zero-order valence-electron chi connectivity index (χ0n) is 31.4. The molecule has 0 spiro atoms. The van der Waals surface area contributed by atoms with Gasteiger partial charge in [-0.05, 0) is 92.1 Å². The lowest BCUT2D eigenvalue weighted by Crippen LogP contribution is -2.02. The van der Waals surface area contributed by atoms with Crippen LogP contribution in [0.25, 0.3) is 101 Å². The summed E-state index contributed by atoms with van der Waals surface area (Å²) in [5.41, 5.74) is 16.6. The van der Waals surface area contributed by atoms with Crippen LogP contribution in [0.4, 0.5) is 0 Å². The third kappa shape index (κ3) is 6.11. The van der Waals surface area contributed by atoms with Gasteiger partial charge in [0.05, 0.1) is 34.2 Å². The summed E-state index contributed by atoms with van der Waals surface area (Å²) in [7, 11) is 0. The van der Waals surface area contributed by atoms with E-state index in [1.807, 2.05) is 72.8 Å². The molecule has 9 heteroatoms. The van der Waals surface area contributed by atoms with Crippen molar-refractivity contribution in [1.82, 2.24) is 44.9 Å². The molecule has 9 nitrogen and oxygen atoms in total. The molecule has 6 aromatic heterocycles. The van der Waals surface area contributed by atoms with E-state index in [-0.39, 0.29) is 0 Å².